The van der Waals surface area contributed by atoms with Gasteiger partial charge in [0.05, 0.1) is 12.8 Å². The predicted molar refractivity (Wildman–Crippen MR) is 93.8 cm³/mol. The van der Waals surface area contributed by atoms with E-state index in [4.69, 9.17) is 9.47 Å². The summed E-state index contributed by atoms with van der Waals surface area (Å²) in [7, 11) is 5.70. The fourth-order valence-corrected chi connectivity index (χ4v) is 2.98. The Labute approximate surface area is 143 Å². The fraction of sp³-hybridized carbons (Fsp3) is 0.444. The second-order valence-electron chi connectivity index (χ2n) is 6.04. The van der Waals surface area contributed by atoms with Gasteiger partial charge in [0.15, 0.2) is 11.5 Å². The third kappa shape index (κ3) is 3.59. The number of anilines is 1. The van der Waals surface area contributed by atoms with E-state index >= 15 is 0 Å². The Bertz CT molecular complexity index is 690. The van der Waals surface area contributed by atoms with Crippen LogP contribution in [0, 0.1) is 0 Å². The highest BCUT2D eigenvalue weighted by atomic mass is 16.5. The molecule has 1 aromatic carbocycles. The lowest BCUT2D eigenvalue weighted by Gasteiger charge is -2.30. The van der Waals surface area contributed by atoms with Crippen LogP contribution in [-0.4, -0.2) is 55.8 Å². The second-order valence-corrected chi connectivity index (χ2v) is 6.04. The Kier molecular flexibility index (Phi) is 5.15. The van der Waals surface area contributed by atoms with Crippen molar-refractivity contribution in [3.05, 3.63) is 41.9 Å². The molecule has 6 nitrogen and oxygen atoms in total. The first-order valence-electron chi connectivity index (χ1n) is 8.17. The van der Waals surface area contributed by atoms with E-state index < -0.39 is 0 Å². The number of methoxy groups -OCH3 is 1. The van der Waals surface area contributed by atoms with Gasteiger partial charge in [0.2, 0.25) is 0 Å². The van der Waals surface area contributed by atoms with Crippen molar-refractivity contribution >= 4 is 5.82 Å². The van der Waals surface area contributed by atoms with Gasteiger partial charge in [0.25, 0.3) is 0 Å². The molecule has 0 spiro atoms. The van der Waals surface area contributed by atoms with Crippen molar-refractivity contribution in [2.24, 2.45) is 0 Å². The molecule has 1 aromatic heterocycles. The quantitative estimate of drug-likeness (QED) is 0.808. The lowest BCUT2D eigenvalue weighted by Crippen LogP contribution is -2.35. The van der Waals surface area contributed by atoms with Crippen LogP contribution in [0.4, 0.5) is 5.82 Å². The molecule has 2 heterocycles. The second kappa shape index (κ2) is 7.49. The average Bonchev–Trinajstić information content (AvgIpc) is 2.61. The summed E-state index contributed by atoms with van der Waals surface area (Å²) in [5.41, 5.74) is 2.39. The molecule has 2 aromatic rings. The molecule has 0 saturated carbocycles. The smallest absolute Gasteiger partial charge is 0.161 e. The number of hydrogen-bond donors (Lipinski definition) is 0. The molecule has 0 amide bonds. The number of aromatic nitrogens is 2. The van der Waals surface area contributed by atoms with Crippen molar-refractivity contribution in [3.8, 4) is 11.5 Å². The fourth-order valence-electron chi connectivity index (χ4n) is 2.98. The van der Waals surface area contributed by atoms with E-state index in [1.54, 1.807) is 13.4 Å². The van der Waals surface area contributed by atoms with Gasteiger partial charge in [-0.25, -0.2) is 9.97 Å². The molecule has 128 valence electrons. The average molecular weight is 328 g/mol. The van der Waals surface area contributed by atoms with Gasteiger partial charge in [-0.15, -0.1) is 0 Å². The molecule has 0 saturated heterocycles. The Balaban J connectivity index is 1.60. The first-order valence-corrected chi connectivity index (χ1v) is 8.17. The summed E-state index contributed by atoms with van der Waals surface area (Å²) in [6.07, 6.45) is 2.61. The Morgan fingerprint density at radius 1 is 1.17 bits per heavy atom. The predicted octanol–water partition coefficient (Wildman–Crippen LogP) is 1.99. The molecule has 1 aliphatic heterocycles. The van der Waals surface area contributed by atoms with Gasteiger partial charge in [-0.2, -0.15) is 0 Å². The van der Waals surface area contributed by atoms with Crippen LogP contribution in [0.15, 0.2) is 30.6 Å². The highest BCUT2D eigenvalue weighted by Crippen LogP contribution is 2.26. The van der Waals surface area contributed by atoms with Gasteiger partial charge < -0.3 is 14.4 Å². The van der Waals surface area contributed by atoms with Gasteiger partial charge in [0.1, 0.15) is 18.8 Å². The van der Waals surface area contributed by atoms with Gasteiger partial charge in [-0.05, 0) is 12.1 Å². The highest BCUT2D eigenvalue weighted by molar-refractivity contribution is 5.48. The van der Waals surface area contributed by atoms with Crippen LogP contribution in [-0.2, 0) is 13.0 Å². The minimum atomic E-state index is 0.626. The maximum Gasteiger partial charge on any atom is 0.161 e. The standard InChI is InChI=1S/C18H24N4O2/c1-21(2)18-14-12-22(9-8-15(14)19-13-20-18)10-11-24-17-7-5-4-6-16(17)23-3/h4-7,13H,8-12H2,1-3H3. The monoisotopic (exact) mass is 328 g/mol. The molecule has 24 heavy (non-hydrogen) atoms. The number of benzene rings is 1. The van der Waals surface area contributed by atoms with Crippen molar-refractivity contribution in [1.82, 2.24) is 14.9 Å². The molecule has 0 unspecified atom stereocenters. The van der Waals surface area contributed by atoms with Crippen LogP contribution in [0.5, 0.6) is 11.5 Å². The summed E-state index contributed by atoms with van der Waals surface area (Å²) in [5, 5.41) is 0. The molecule has 0 N–H and O–H groups in total. The zero-order chi connectivity index (χ0) is 16.9. The van der Waals surface area contributed by atoms with Crippen LogP contribution in [0.2, 0.25) is 0 Å². The number of fused-ring (bicyclic) bond motifs is 1. The van der Waals surface area contributed by atoms with Crippen LogP contribution in [0.1, 0.15) is 11.3 Å². The topological polar surface area (TPSA) is 50.7 Å². The number of rotatable bonds is 6. The zero-order valence-electron chi connectivity index (χ0n) is 14.5. The van der Waals surface area contributed by atoms with E-state index in [1.807, 2.05) is 38.4 Å². The van der Waals surface area contributed by atoms with Crippen molar-refractivity contribution in [3.63, 3.8) is 0 Å². The van der Waals surface area contributed by atoms with Crippen LogP contribution < -0.4 is 14.4 Å². The highest BCUT2D eigenvalue weighted by Gasteiger charge is 2.21. The maximum atomic E-state index is 5.89. The number of hydrogen-bond acceptors (Lipinski definition) is 6. The van der Waals surface area contributed by atoms with Crippen molar-refractivity contribution < 1.29 is 9.47 Å². The third-order valence-corrected chi connectivity index (χ3v) is 4.22. The molecule has 6 heteroatoms. The molecule has 0 fully saturated rings. The summed E-state index contributed by atoms with van der Waals surface area (Å²) in [4.78, 5) is 13.3. The van der Waals surface area contributed by atoms with Crippen LogP contribution in [0.3, 0.4) is 0 Å². The summed E-state index contributed by atoms with van der Waals surface area (Å²) in [5.74, 6) is 2.56. The molecule has 1 aliphatic rings. The summed E-state index contributed by atoms with van der Waals surface area (Å²) in [6.45, 7) is 3.34. The van der Waals surface area contributed by atoms with Gasteiger partial charge in [-0.1, -0.05) is 12.1 Å². The number of nitrogens with zero attached hydrogens (tertiary/aromatic N) is 4. The van der Waals surface area contributed by atoms with Gasteiger partial charge in [0, 0.05) is 45.7 Å². The molecular weight excluding hydrogens is 304 g/mol. The molecular formula is C18H24N4O2. The minimum absolute atomic E-state index is 0.626. The SMILES string of the molecule is COc1ccccc1OCCN1CCc2ncnc(N(C)C)c2C1. The van der Waals surface area contributed by atoms with E-state index in [9.17, 15) is 0 Å². The zero-order valence-corrected chi connectivity index (χ0v) is 14.5. The molecule has 3 rings (SSSR count). The largest absolute Gasteiger partial charge is 0.493 e. The summed E-state index contributed by atoms with van der Waals surface area (Å²) < 4.78 is 11.2. The first-order chi connectivity index (χ1) is 11.7. The maximum absolute atomic E-state index is 5.89. The third-order valence-electron chi connectivity index (χ3n) is 4.22. The lowest BCUT2D eigenvalue weighted by molar-refractivity contribution is 0.191. The molecule has 0 bridgehead atoms. The normalized spacial score (nSPS) is 14.1. The number of ether oxygens (including phenoxy) is 2. The first kappa shape index (κ1) is 16.5. The van der Waals surface area contributed by atoms with Crippen LogP contribution in [0.25, 0.3) is 0 Å². The van der Waals surface area contributed by atoms with E-state index in [1.165, 1.54) is 5.56 Å². The Hall–Kier alpha value is -2.34. The summed E-state index contributed by atoms with van der Waals surface area (Å²) >= 11 is 0. The van der Waals surface area contributed by atoms with Gasteiger partial charge in [-0.3, -0.25) is 4.90 Å². The molecule has 0 radical (unpaired) electrons. The van der Waals surface area contributed by atoms with Crippen molar-refractivity contribution in [1.29, 1.82) is 0 Å². The molecule has 0 atom stereocenters. The number of para-hydroxylation sites is 2. The lowest BCUT2D eigenvalue weighted by atomic mass is 10.1. The minimum Gasteiger partial charge on any atom is -0.493 e. The van der Waals surface area contributed by atoms with Crippen molar-refractivity contribution in [2.75, 3.05) is 45.8 Å². The van der Waals surface area contributed by atoms with Crippen molar-refractivity contribution in [2.45, 2.75) is 13.0 Å². The van der Waals surface area contributed by atoms with E-state index in [2.05, 4.69) is 19.8 Å². The van der Waals surface area contributed by atoms with Gasteiger partial charge >= 0.3 is 0 Å². The van der Waals surface area contributed by atoms with E-state index in [-0.39, 0.29) is 0 Å². The van der Waals surface area contributed by atoms with E-state index in [0.717, 1.165) is 49.1 Å². The summed E-state index contributed by atoms with van der Waals surface area (Å²) in [6, 6.07) is 7.74. The van der Waals surface area contributed by atoms with Crippen LogP contribution >= 0.6 is 0 Å². The Morgan fingerprint density at radius 3 is 2.71 bits per heavy atom. The molecule has 0 aliphatic carbocycles. The Morgan fingerprint density at radius 2 is 1.96 bits per heavy atom. The van der Waals surface area contributed by atoms with E-state index in [0.29, 0.717) is 6.61 Å².